The zero-order valence-electron chi connectivity index (χ0n) is 7.98. The molecule has 1 heterocycles. The van der Waals surface area contributed by atoms with Crippen LogP contribution in [-0.2, 0) is 23.0 Å². The fourth-order valence-electron chi connectivity index (χ4n) is 1.21. The molecule has 0 aliphatic rings. The summed E-state index contributed by atoms with van der Waals surface area (Å²) in [5, 5.41) is 8.54. The van der Waals surface area contributed by atoms with Gasteiger partial charge in [-0.05, 0) is 11.6 Å². The molecule has 0 bridgehead atoms. The Kier molecular flexibility index (Phi) is 2.91. The minimum atomic E-state index is -0.924. The third kappa shape index (κ3) is 2.12. The van der Waals surface area contributed by atoms with Crippen molar-refractivity contribution in [2.24, 2.45) is 7.05 Å². The first kappa shape index (κ1) is 10.3. The zero-order valence-corrected chi connectivity index (χ0v) is 7.98. The number of carbonyl (C=O) groups is 2. The minimum absolute atomic E-state index is 0.0924. The highest BCUT2D eigenvalue weighted by Crippen LogP contribution is 2.09. The lowest BCUT2D eigenvalue weighted by Gasteiger charge is -1.98. The van der Waals surface area contributed by atoms with Crippen LogP contribution in [0.25, 0.3) is 0 Å². The zero-order chi connectivity index (χ0) is 10.7. The highest BCUT2D eigenvalue weighted by Gasteiger charge is 2.12. The highest BCUT2D eigenvalue weighted by molar-refractivity contribution is 5.88. The number of hydrogen-bond donors (Lipinski definition) is 1. The molecule has 0 aliphatic carbocycles. The molecule has 0 fully saturated rings. The van der Waals surface area contributed by atoms with Crippen molar-refractivity contribution in [3.63, 3.8) is 0 Å². The van der Waals surface area contributed by atoms with Crippen LogP contribution in [0.4, 0.5) is 0 Å². The predicted molar refractivity (Wildman–Crippen MR) is 48.1 cm³/mol. The molecule has 0 radical (unpaired) electrons. The fourth-order valence-corrected chi connectivity index (χ4v) is 1.21. The quantitative estimate of drug-likeness (QED) is 0.714. The topological polar surface area (TPSA) is 68.5 Å². The van der Waals surface area contributed by atoms with Gasteiger partial charge in [0.15, 0.2) is 0 Å². The number of rotatable bonds is 3. The second-order valence-corrected chi connectivity index (χ2v) is 2.91. The first-order valence-corrected chi connectivity index (χ1v) is 4.00. The Hall–Kier alpha value is -1.78. The molecule has 0 unspecified atom stereocenters. The molecule has 0 atom stereocenters. The van der Waals surface area contributed by atoms with E-state index >= 15 is 0 Å². The van der Waals surface area contributed by atoms with Gasteiger partial charge in [-0.2, -0.15) is 0 Å². The largest absolute Gasteiger partial charge is 0.481 e. The molecule has 0 spiro atoms. The summed E-state index contributed by atoms with van der Waals surface area (Å²) in [6.45, 7) is 0. The number of aliphatic carboxylic acids is 1. The molecule has 1 rings (SSSR count). The van der Waals surface area contributed by atoms with Gasteiger partial charge >= 0.3 is 11.9 Å². The van der Waals surface area contributed by atoms with Crippen molar-refractivity contribution in [3.05, 3.63) is 23.5 Å². The molecule has 1 aromatic rings. The Morgan fingerprint density at radius 3 is 2.71 bits per heavy atom. The Morgan fingerprint density at radius 2 is 2.21 bits per heavy atom. The van der Waals surface area contributed by atoms with Gasteiger partial charge in [-0.1, -0.05) is 0 Å². The summed E-state index contributed by atoms with van der Waals surface area (Å²) in [6.07, 6.45) is 1.51. The minimum Gasteiger partial charge on any atom is -0.481 e. The van der Waals surface area contributed by atoms with E-state index in [0.29, 0.717) is 11.3 Å². The number of aromatic nitrogens is 1. The van der Waals surface area contributed by atoms with Crippen LogP contribution in [0.1, 0.15) is 16.1 Å². The molecule has 5 nitrogen and oxygen atoms in total. The fraction of sp³-hybridized carbons (Fsp3) is 0.333. The molecule has 1 N–H and O–H groups in total. The van der Waals surface area contributed by atoms with Crippen LogP contribution in [0.15, 0.2) is 12.3 Å². The molecular weight excluding hydrogens is 186 g/mol. The maximum Gasteiger partial charge on any atom is 0.354 e. The third-order valence-electron chi connectivity index (χ3n) is 1.81. The summed E-state index contributed by atoms with van der Waals surface area (Å²) >= 11 is 0. The number of esters is 1. The number of carboxylic acids is 1. The van der Waals surface area contributed by atoms with Crippen LogP contribution in [0, 0.1) is 0 Å². The van der Waals surface area contributed by atoms with E-state index in [0.717, 1.165) is 0 Å². The second kappa shape index (κ2) is 3.95. The van der Waals surface area contributed by atoms with E-state index in [-0.39, 0.29) is 6.42 Å². The van der Waals surface area contributed by atoms with Crippen molar-refractivity contribution in [1.29, 1.82) is 0 Å². The standard InChI is InChI=1S/C9H11NO4/c1-10-5-6(4-8(11)12)3-7(10)9(13)14-2/h3,5H,4H2,1-2H3,(H,11,12). The Balaban J connectivity index is 2.93. The summed E-state index contributed by atoms with van der Waals surface area (Å²) in [5.41, 5.74) is 0.934. The van der Waals surface area contributed by atoms with Gasteiger partial charge in [0.25, 0.3) is 0 Å². The van der Waals surface area contributed by atoms with Gasteiger partial charge in [-0.15, -0.1) is 0 Å². The van der Waals surface area contributed by atoms with Crippen molar-refractivity contribution in [1.82, 2.24) is 4.57 Å². The van der Waals surface area contributed by atoms with E-state index in [1.165, 1.54) is 13.2 Å². The normalized spacial score (nSPS) is 9.86. The maximum atomic E-state index is 11.1. The van der Waals surface area contributed by atoms with Crippen LogP contribution < -0.4 is 0 Å². The maximum absolute atomic E-state index is 11.1. The first-order chi connectivity index (χ1) is 6.54. The van der Waals surface area contributed by atoms with E-state index in [9.17, 15) is 9.59 Å². The van der Waals surface area contributed by atoms with Gasteiger partial charge < -0.3 is 14.4 Å². The third-order valence-corrected chi connectivity index (χ3v) is 1.81. The molecule has 0 saturated carbocycles. The lowest BCUT2D eigenvalue weighted by Crippen LogP contribution is -2.06. The Morgan fingerprint density at radius 1 is 1.57 bits per heavy atom. The molecule has 0 aliphatic heterocycles. The molecule has 5 heteroatoms. The van der Waals surface area contributed by atoms with Gasteiger partial charge in [0.05, 0.1) is 13.5 Å². The number of carbonyl (C=O) groups excluding carboxylic acids is 1. The van der Waals surface area contributed by atoms with E-state index in [1.54, 1.807) is 17.8 Å². The van der Waals surface area contributed by atoms with Crippen LogP contribution in [0.2, 0.25) is 0 Å². The lowest BCUT2D eigenvalue weighted by atomic mass is 10.2. The van der Waals surface area contributed by atoms with Gasteiger partial charge in [0.2, 0.25) is 0 Å². The summed E-state index contributed by atoms with van der Waals surface area (Å²) in [7, 11) is 2.95. The van der Waals surface area contributed by atoms with Gasteiger partial charge in [0.1, 0.15) is 5.69 Å². The molecule has 14 heavy (non-hydrogen) atoms. The molecule has 0 saturated heterocycles. The van der Waals surface area contributed by atoms with Crippen LogP contribution in [0.5, 0.6) is 0 Å². The molecule has 1 aromatic heterocycles. The summed E-state index contributed by atoms with van der Waals surface area (Å²) in [6, 6.07) is 1.51. The van der Waals surface area contributed by atoms with Crippen molar-refractivity contribution < 1.29 is 19.4 Å². The number of ether oxygens (including phenoxy) is 1. The molecule has 0 amide bonds. The number of nitrogens with zero attached hydrogens (tertiary/aromatic N) is 1. The highest BCUT2D eigenvalue weighted by atomic mass is 16.5. The average molecular weight is 197 g/mol. The SMILES string of the molecule is COC(=O)c1cc(CC(=O)O)cn1C. The van der Waals surface area contributed by atoms with Crippen LogP contribution in [-0.4, -0.2) is 28.7 Å². The van der Waals surface area contributed by atoms with Gasteiger partial charge in [0, 0.05) is 13.2 Å². The Bertz CT molecular complexity index is 367. The average Bonchev–Trinajstić information content (AvgIpc) is 2.44. The van der Waals surface area contributed by atoms with Crippen molar-refractivity contribution in [2.75, 3.05) is 7.11 Å². The second-order valence-electron chi connectivity index (χ2n) is 2.91. The first-order valence-electron chi connectivity index (χ1n) is 4.00. The molecular formula is C9H11NO4. The van der Waals surface area contributed by atoms with Crippen molar-refractivity contribution >= 4 is 11.9 Å². The number of hydrogen-bond acceptors (Lipinski definition) is 3. The summed E-state index contributed by atoms with van der Waals surface area (Å²) in [5.74, 6) is -1.39. The van der Waals surface area contributed by atoms with Crippen LogP contribution >= 0.6 is 0 Å². The van der Waals surface area contributed by atoms with Crippen molar-refractivity contribution in [2.45, 2.75) is 6.42 Å². The van der Waals surface area contributed by atoms with Crippen LogP contribution in [0.3, 0.4) is 0 Å². The number of methoxy groups -OCH3 is 1. The van der Waals surface area contributed by atoms with Gasteiger partial charge in [-0.3, -0.25) is 4.79 Å². The Labute approximate surface area is 80.9 Å². The van der Waals surface area contributed by atoms with E-state index < -0.39 is 11.9 Å². The molecule has 0 aromatic carbocycles. The predicted octanol–water partition coefficient (Wildman–Crippen LogP) is 0.439. The lowest BCUT2D eigenvalue weighted by molar-refractivity contribution is -0.136. The molecule has 76 valence electrons. The summed E-state index contributed by atoms with van der Waals surface area (Å²) in [4.78, 5) is 21.5. The smallest absolute Gasteiger partial charge is 0.354 e. The van der Waals surface area contributed by atoms with Gasteiger partial charge in [-0.25, -0.2) is 4.79 Å². The van der Waals surface area contributed by atoms with Crippen molar-refractivity contribution in [3.8, 4) is 0 Å². The van der Waals surface area contributed by atoms with E-state index in [2.05, 4.69) is 4.74 Å². The summed E-state index contributed by atoms with van der Waals surface area (Å²) < 4.78 is 6.07. The van der Waals surface area contributed by atoms with E-state index in [4.69, 9.17) is 5.11 Å². The van der Waals surface area contributed by atoms with E-state index in [1.807, 2.05) is 0 Å². The number of carboxylic acid groups (broad SMARTS) is 1. The number of aryl methyl sites for hydroxylation is 1. The monoisotopic (exact) mass is 197 g/mol.